The summed E-state index contributed by atoms with van der Waals surface area (Å²) in [6.07, 6.45) is 1.79. The first-order valence-corrected chi connectivity index (χ1v) is 7.31. The van der Waals surface area contributed by atoms with Crippen molar-refractivity contribution in [1.82, 2.24) is 5.32 Å². The van der Waals surface area contributed by atoms with Crippen molar-refractivity contribution in [3.05, 3.63) is 63.9 Å². The van der Waals surface area contributed by atoms with E-state index in [4.69, 9.17) is 4.42 Å². The molecule has 3 rings (SSSR count). The predicted molar refractivity (Wildman–Crippen MR) is 80.8 cm³/mol. The number of hydrogen-bond acceptors (Lipinski definition) is 5. The van der Waals surface area contributed by atoms with Crippen molar-refractivity contribution < 1.29 is 19.2 Å². The van der Waals surface area contributed by atoms with E-state index >= 15 is 0 Å². The van der Waals surface area contributed by atoms with Gasteiger partial charge in [0.25, 0.3) is 5.91 Å². The number of hydrogen-bond donors (Lipinski definition) is 2. The van der Waals surface area contributed by atoms with Gasteiger partial charge in [0.1, 0.15) is 10.5 Å². The fourth-order valence-corrected chi connectivity index (χ4v) is 2.62. The van der Waals surface area contributed by atoms with Crippen molar-refractivity contribution in [3.63, 3.8) is 0 Å². The molecular weight excluding hydrogens is 300 g/mol. The van der Waals surface area contributed by atoms with Gasteiger partial charge >= 0.3 is 5.88 Å². The summed E-state index contributed by atoms with van der Waals surface area (Å²) < 4.78 is 4.86. The lowest BCUT2D eigenvalue weighted by atomic mass is 9.88. The molecule has 7 nitrogen and oxygen atoms in total. The van der Waals surface area contributed by atoms with Crippen LogP contribution < -0.4 is 5.32 Å². The van der Waals surface area contributed by atoms with E-state index in [2.05, 4.69) is 5.32 Å². The largest absolute Gasteiger partial charge is 0.433 e. The highest BCUT2D eigenvalue weighted by molar-refractivity contribution is 5.91. The van der Waals surface area contributed by atoms with Gasteiger partial charge in [-0.15, -0.1) is 0 Å². The average Bonchev–Trinajstić information content (AvgIpc) is 3.30. The number of rotatable bonds is 6. The highest BCUT2D eigenvalue weighted by atomic mass is 16.6. The zero-order valence-electron chi connectivity index (χ0n) is 12.3. The summed E-state index contributed by atoms with van der Waals surface area (Å²) >= 11 is 0. The van der Waals surface area contributed by atoms with E-state index < -0.39 is 22.3 Å². The van der Waals surface area contributed by atoms with Gasteiger partial charge in [-0.2, -0.15) is 0 Å². The first-order valence-electron chi connectivity index (χ1n) is 7.31. The molecule has 120 valence electrons. The molecule has 0 bridgehead atoms. The molecule has 0 radical (unpaired) electrons. The number of carbonyl (C=O) groups is 1. The van der Waals surface area contributed by atoms with Crippen molar-refractivity contribution in [3.8, 4) is 0 Å². The second-order valence-corrected chi connectivity index (χ2v) is 5.64. The smallest absolute Gasteiger partial charge is 0.395 e. The molecule has 0 saturated heterocycles. The second-order valence-electron chi connectivity index (χ2n) is 5.64. The van der Waals surface area contributed by atoms with Crippen molar-refractivity contribution in [1.29, 1.82) is 0 Å². The number of nitrogens with zero attached hydrogens (tertiary/aromatic N) is 1. The molecule has 23 heavy (non-hydrogen) atoms. The maximum absolute atomic E-state index is 12.1. The lowest BCUT2D eigenvalue weighted by Crippen LogP contribution is -2.42. The van der Waals surface area contributed by atoms with Crippen LogP contribution >= 0.6 is 0 Å². The number of nitrogens with one attached hydrogen (secondary N) is 1. The molecule has 2 N–H and O–H groups in total. The molecule has 2 aromatic rings. The lowest BCUT2D eigenvalue weighted by molar-refractivity contribution is -0.402. The average molecular weight is 316 g/mol. The first-order chi connectivity index (χ1) is 11.0. The number of furan rings is 1. The predicted octanol–water partition coefficient (Wildman–Crippen LogP) is 2.22. The second kappa shape index (κ2) is 5.85. The highest BCUT2D eigenvalue weighted by Gasteiger charge is 2.45. The fourth-order valence-electron chi connectivity index (χ4n) is 2.62. The Morgan fingerprint density at radius 3 is 2.57 bits per heavy atom. The van der Waals surface area contributed by atoms with Crippen molar-refractivity contribution in [2.75, 3.05) is 6.54 Å². The minimum atomic E-state index is -1.14. The Labute approximate surface area is 132 Å². The molecule has 1 atom stereocenters. The van der Waals surface area contributed by atoms with E-state index in [1.54, 1.807) is 0 Å². The molecule has 0 spiro atoms. The Hall–Kier alpha value is -2.67. The number of carbonyl (C=O) groups excluding carboxylic acids is 1. The van der Waals surface area contributed by atoms with Crippen LogP contribution in [0.15, 0.2) is 46.9 Å². The van der Waals surface area contributed by atoms with Crippen LogP contribution in [0.4, 0.5) is 5.88 Å². The van der Waals surface area contributed by atoms with Crippen LogP contribution in [0, 0.1) is 16.0 Å². The summed E-state index contributed by atoms with van der Waals surface area (Å²) in [5.41, 5.74) is -0.400. The van der Waals surface area contributed by atoms with Gasteiger partial charge in [-0.3, -0.25) is 14.9 Å². The Bertz CT molecular complexity index is 723. The normalized spacial score (nSPS) is 16.6. The van der Waals surface area contributed by atoms with E-state index in [-0.39, 0.29) is 18.2 Å². The molecule has 1 amide bonds. The van der Waals surface area contributed by atoms with Crippen LogP contribution in [0.2, 0.25) is 0 Å². The Morgan fingerprint density at radius 1 is 1.30 bits per heavy atom. The third-order valence-corrected chi connectivity index (χ3v) is 4.04. The van der Waals surface area contributed by atoms with E-state index in [0.717, 1.165) is 24.5 Å². The summed E-state index contributed by atoms with van der Waals surface area (Å²) in [5, 5.41) is 24.1. The number of amides is 1. The molecule has 1 aliphatic rings. The minimum Gasteiger partial charge on any atom is -0.395 e. The molecule has 1 aromatic heterocycles. The summed E-state index contributed by atoms with van der Waals surface area (Å²) in [4.78, 5) is 21.9. The first kappa shape index (κ1) is 15.2. The quantitative estimate of drug-likeness (QED) is 0.628. The molecular formula is C16H16N2O5. The monoisotopic (exact) mass is 316 g/mol. The van der Waals surface area contributed by atoms with Crippen LogP contribution in [0.1, 0.15) is 29.0 Å². The molecule has 7 heteroatoms. The molecule has 1 aliphatic carbocycles. The van der Waals surface area contributed by atoms with Gasteiger partial charge in [0, 0.05) is 0 Å². The molecule has 1 aromatic carbocycles. The maximum atomic E-state index is 12.1. The van der Waals surface area contributed by atoms with E-state index in [1.165, 1.54) is 6.07 Å². The Morgan fingerprint density at radius 2 is 2.00 bits per heavy atom. The summed E-state index contributed by atoms with van der Waals surface area (Å²) in [6.45, 7) is 0.0228. The molecule has 1 unspecified atom stereocenters. The van der Waals surface area contributed by atoms with Crippen LogP contribution in [0.3, 0.4) is 0 Å². The highest BCUT2D eigenvalue weighted by Crippen LogP contribution is 2.45. The van der Waals surface area contributed by atoms with Crippen LogP contribution in [-0.4, -0.2) is 22.5 Å². The zero-order valence-corrected chi connectivity index (χ0v) is 12.3. The van der Waals surface area contributed by atoms with Crippen molar-refractivity contribution in [2.45, 2.75) is 18.4 Å². The zero-order chi connectivity index (χ0) is 16.4. The SMILES string of the molecule is O=C(NCC(O)(c1ccccc1)C1CC1)c1ccc([N+](=O)[O-])o1. The van der Waals surface area contributed by atoms with Crippen LogP contribution in [0.5, 0.6) is 0 Å². The van der Waals surface area contributed by atoms with Crippen LogP contribution in [0.25, 0.3) is 0 Å². The molecule has 1 fully saturated rings. The molecule has 0 aliphatic heterocycles. The third-order valence-electron chi connectivity index (χ3n) is 4.04. The molecule has 1 saturated carbocycles. The van der Waals surface area contributed by atoms with Gasteiger partial charge in [-0.25, -0.2) is 0 Å². The minimum absolute atomic E-state index is 0.0228. The van der Waals surface area contributed by atoms with E-state index in [1.807, 2.05) is 30.3 Å². The van der Waals surface area contributed by atoms with Gasteiger partial charge < -0.3 is 14.8 Å². The van der Waals surface area contributed by atoms with E-state index in [9.17, 15) is 20.0 Å². The Balaban J connectivity index is 1.72. The van der Waals surface area contributed by atoms with E-state index in [0.29, 0.717) is 0 Å². The summed E-state index contributed by atoms with van der Waals surface area (Å²) in [5.74, 6) is -1.14. The maximum Gasteiger partial charge on any atom is 0.433 e. The van der Waals surface area contributed by atoms with Gasteiger partial charge in [-0.05, 0) is 30.4 Å². The number of nitro groups is 1. The van der Waals surface area contributed by atoms with Crippen molar-refractivity contribution in [2.24, 2.45) is 5.92 Å². The van der Waals surface area contributed by atoms with Gasteiger partial charge in [-0.1, -0.05) is 30.3 Å². The third kappa shape index (κ3) is 3.09. The molecule has 1 heterocycles. The van der Waals surface area contributed by atoms with Crippen LogP contribution in [-0.2, 0) is 5.60 Å². The Kier molecular flexibility index (Phi) is 3.87. The fraction of sp³-hybridized carbons (Fsp3) is 0.312. The standard InChI is InChI=1S/C16H16N2O5/c19-15(13-8-9-14(23-13)18(21)22)17-10-16(20,12-6-7-12)11-4-2-1-3-5-11/h1-5,8-9,12,20H,6-7,10H2,(H,17,19). The van der Waals surface area contributed by atoms with Gasteiger partial charge in [0.2, 0.25) is 0 Å². The van der Waals surface area contributed by atoms with Crippen molar-refractivity contribution >= 4 is 11.8 Å². The lowest BCUT2D eigenvalue weighted by Gasteiger charge is -2.29. The summed E-state index contributed by atoms with van der Waals surface area (Å²) in [7, 11) is 0. The number of benzene rings is 1. The van der Waals surface area contributed by atoms with Gasteiger partial charge in [0.15, 0.2) is 5.76 Å². The number of aliphatic hydroxyl groups is 1. The summed E-state index contributed by atoms with van der Waals surface area (Å²) in [6, 6.07) is 11.5. The van der Waals surface area contributed by atoms with Gasteiger partial charge in [0.05, 0.1) is 12.6 Å². The topological polar surface area (TPSA) is 106 Å².